The molecule has 0 saturated carbocycles. The van der Waals surface area contributed by atoms with Crippen molar-refractivity contribution in [2.75, 3.05) is 36.7 Å². The van der Waals surface area contributed by atoms with Gasteiger partial charge in [0, 0.05) is 38.1 Å². The zero-order valence-electron chi connectivity index (χ0n) is 22.1. The lowest BCUT2D eigenvalue weighted by molar-refractivity contribution is -0.144. The summed E-state index contributed by atoms with van der Waals surface area (Å²) in [6.07, 6.45) is 0.752. The zero-order valence-corrected chi connectivity index (χ0v) is 22.1. The van der Waals surface area contributed by atoms with E-state index in [2.05, 4.69) is 36.0 Å². The molecule has 1 aromatic carbocycles. The number of hydrogen-bond acceptors (Lipinski definition) is 10. The minimum atomic E-state index is -1.01. The van der Waals surface area contributed by atoms with Gasteiger partial charge in [0.2, 0.25) is 17.8 Å². The monoisotopic (exact) mass is 544 g/mol. The number of amides is 3. The van der Waals surface area contributed by atoms with Crippen molar-refractivity contribution < 1.29 is 33.4 Å². The van der Waals surface area contributed by atoms with Crippen LogP contribution in [0, 0.1) is 0 Å². The number of carbonyl (C=O) groups excluding carboxylic acids is 5. The third-order valence-corrected chi connectivity index (χ3v) is 5.34. The number of ether oxygens (including phenoxy) is 2. The molecule has 0 bridgehead atoms. The van der Waals surface area contributed by atoms with Gasteiger partial charge in [-0.3, -0.25) is 34.3 Å². The fraction of sp³-hybridized carbons (Fsp3) is 0.400. The van der Waals surface area contributed by atoms with Crippen molar-refractivity contribution in [1.29, 1.82) is 0 Å². The Balaban J connectivity index is 1.96. The Hall–Kier alpha value is -4.75. The van der Waals surface area contributed by atoms with Crippen LogP contribution >= 0.6 is 0 Å². The number of nitrogens with zero attached hydrogens (tertiary/aromatic N) is 1. The van der Waals surface area contributed by atoms with Crippen molar-refractivity contribution in [2.45, 2.75) is 45.6 Å². The van der Waals surface area contributed by atoms with Crippen LogP contribution in [0.25, 0.3) is 0 Å². The molecule has 210 valence electrons. The van der Waals surface area contributed by atoms with Crippen molar-refractivity contribution >= 4 is 47.1 Å². The van der Waals surface area contributed by atoms with E-state index in [1.807, 2.05) is 0 Å². The number of carbonyl (C=O) groups is 5. The number of H-pyrrole nitrogens is 1. The molecule has 14 nitrogen and oxygen atoms in total. The van der Waals surface area contributed by atoms with Gasteiger partial charge in [0.1, 0.15) is 11.9 Å². The van der Waals surface area contributed by atoms with Gasteiger partial charge in [-0.2, -0.15) is 4.98 Å². The molecule has 14 heteroatoms. The van der Waals surface area contributed by atoms with E-state index in [0.29, 0.717) is 24.2 Å². The normalized spacial score (nSPS) is 11.1. The first-order valence-electron chi connectivity index (χ1n) is 12.0. The van der Waals surface area contributed by atoms with Crippen LogP contribution in [0.5, 0.6) is 0 Å². The molecule has 3 amide bonds. The minimum absolute atomic E-state index is 0.0305. The van der Waals surface area contributed by atoms with Crippen LogP contribution in [0.3, 0.4) is 0 Å². The highest BCUT2D eigenvalue weighted by Crippen LogP contribution is 2.14. The number of anilines is 3. The maximum atomic E-state index is 12.6. The Morgan fingerprint density at radius 1 is 0.974 bits per heavy atom. The van der Waals surface area contributed by atoms with Crippen LogP contribution < -0.4 is 26.8 Å². The Bertz CT molecular complexity index is 1260. The number of aromatic amines is 1. The SMILES string of the molecule is COC(=O)CC[C@H](NC(=O)c1ccc(NCCCc2c(NC(C)=O)nc(NC(C)=O)[nH]c2=O)cc1)C(=O)OC. The largest absolute Gasteiger partial charge is 0.469 e. The highest BCUT2D eigenvalue weighted by molar-refractivity contribution is 5.97. The highest BCUT2D eigenvalue weighted by Gasteiger charge is 2.23. The van der Waals surface area contributed by atoms with Gasteiger partial charge in [-0.1, -0.05) is 0 Å². The first kappa shape index (κ1) is 30.5. The first-order valence-corrected chi connectivity index (χ1v) is 12.0. The molecule has 0 unspecified atom stereocenters. The molecule has 39 heavy (non-hydrogen) atoms. The van der Waals surface area contributed by atoms with E-state index in [1.54, 1.807) is 24.3 Å². The molecule has 0 aliphatic carbocycles. The van der Waals surface area contributed by atoms with Gasteiger partial charge in [0.15, 0.2) is 0 Å². The van der Waals surface area contributed by atoms with Crippen LogP contribution in [0.15, 0.2) is 29.1 Å². The lowest BCUT2D eigenvalue weighted by atomic mass is 10.1. The highest BCUT2D eigenvalue weighted by atomic mass is 16.5. The van der Waals surface area contributed by atoms with Crippen molar-refractivity contribution in [2.24, 2.45) is 0 Å². The smallest absolute Gasteiger partial charge is 0.328 e. The minimum Gasteiger partial charge on any atom is -0.469 e. The number of nitrogens with one attached hydrogen (secondary N) is 5. The van der Waals surface area contributed by atoms with Gasteiger partial charge in [-0.15, -0.1) is 0 Å². The molecule has 0 radical (unpaired) electrons. The molecule has 5 N–H and O–H groups in total. The lowest BCUT2D eigenvalue weighted by Crippen LogP contribution is -2.41. The molecular formula is C25H32N6O8. The molecule has 0 saturated heterocycles. The summed E-state index contributed by atoms with van der Waals surface area (Å²) >= 11 is 0. The van der Waals surface area contributed by atoms with E-state index >= 15 is 0 Å². The molecular weight excluding hydrogens is 512 g/mol. The summed E-state index contributed by atoms with van der Waals surface area (Å²) in [5.74, 6) is -2.53. The predicted molar refractivity (Wildman–Crippen MR) is 141 cm³/mol. The van der Waals surface area contributed by atoms with Gasteiger partial charge in [-0.25, -0.2) is 4.79 Å². The molecule has 0 aliphatic heterocycles. The van der Waals surface area contributed by atoms with E-state index in [4.69, 9.17) is 4.74 Å². The molecule has 1 atom stereocenters. The third kappa shape index (κ3) is 9.91. The van der Waals surface area contributed by atoms with Crippen molar-refractivity contribution in [3.8, 4) is 0 Å². The topological polar surface area (TPSA) is 198 Å². The summed E-state index contributed by atoms with van der Waals surface area (Å²) in [5.41, 5.74) is 0.784. The van der Waals surface area contributed by atoms with Gasteiger partial charge in [0.05, 0.1) is 19.8 Å². The number of rotatable bonds is 13. The van der Waals surface area contributed by atoms with Crippen molar-refractivity contribution in [3.05, 3.63) is 45.7 Å². The third-order valence-electron chi connectivity index (χ3n) is 5.34. The molecule has 0 fully saturated rings. The Morgan fingerprint density at radius 3 is 2.23 bits per heavy atom. The second kappa shape index (κ2) is 14.9. The van der Waals surface area contributed by atoms with Crippen LogP contribution in [0.2, 0.25) is 0 Å². The summed E-state index contributed by atoms with van der Waals surface area (Å²) in [6.45, 7) is 3.01. The van der Waals surface area contributed by atoms with Crippen LogP contribution in [0.4, 0.5) is 17.5 Å². The molecule has 2 aromatic rings. The summed E-state index contributed by atoms with van der Waals surface area (Å²) in [7, 11) is 2.42. The van der Waals surface area contributed by atoms with E-state index in [1.165, 1.54) is 28.1 Å². The van der Waals surface area contributed by atoms with E-state index < -0.39 is 41.3 Å². The standard InChI is InChI=1S/C25H32N6O8/c1-14(32)27-21-18(23(36)31-25(30-21)28-15(2)33)6-5-13-26-17-9-7-16(8-10-17)22(35)29-19(24(37)39-4)11-12-20(34)38-3/h7-10,19,26H,5-6,11-13H2,1-4H3,(H,29,35)(H3,27,28,30,31,32,33,36)/t19-/m0/s1. The molecule has 0 spiro atoms. The average molecular weight is 545 g/mol. The average Bonchev–Trinajstić information content (AvgIpc) is 2.88. The zero-order chi connectivity index (χ0) is 28.9. The fourth-order valence-electron chi connectivity index (χ4n) is 3.46. The summed E-state index contributed by atoms with van der Waals surface area (Å²) in [4.78, 5) is 77.9. The predicted octanol–water partition coefficient (Wildman–Crippen LogP) is 0.956. The number of aromatic nitrogens is 2. The van der Waals surface area contributed by atoms with Gasteiger partial charge in [0.25, 0.3) is 11.5 Å². The fourth-order valence-corrected chi connectivity index (χ4v) is 3.46. The Morgan fingerprint density at radius 2 is 1.64 bits per heavy atom. The van der Waals surface area contributed by atoms with Crippen LogP contribution in [-0.4, -0.2) is 66.4 Å². The van der Waals surface area contributed by atoms with E-state index in [0.717, 1.165) is 0 Å². The maximum Gasteiger partial charge on any atom is 0.328 e. The van der Waals surface area contributed by atoms with E-state index in [-0.39, 0.29) is 36.6 Å². The molecule has 2 rings (SSSR count). The second-order valence-corrected chi connectivity index (χ2v) is 8.38. The number of benzene rings is 1. The molecule has 1 heterocycles. The molecule has 0 aliphatic rings. The Kier molecular flexibility index (Phi) is 11.6. The quantitative estimate of drug-likeness (QED) is 0.179. The summed E-state index contributed by atoms with van der Waals surface area (Å²) in [6, 6.07) is 5.48. The van der Waals surface area contributed by atoms with E-state index in [9.17, 15) is 28.8 Å². The second-order valence-electron chi connectivity index (χ2n) is 8.38. The van der Waals surface area contributed by atoms with Gasteiger partial charge < -0.3 is 25.4 Å². The van der Waals surface area contributed by atoms with Gasteiger partial charge in [-0.05, 0) is 43.5 Å². The number of methoxy groups -OCH3 is 2. The van der Waals surface area contributed by atoms with Crippen LogP contribution in [-0.2, 0) is 35.1 Å². The maximum absolute atomic E-state index is 12.6. The van der Waals surface area contributed by atoms with Crippen molar-refractivity contribution in [1.82, 2.24) is 15.3 Å². The number of hydrogen-bond donors (Lipinski definition) is 5. The van der Waals surface area contributed by atoms with Gasteiger partial charge >= 0.3 is 11.9 Å². The Labute approximate surface area is 224 Å². The lowest BCUT2D eigenvalue weighted by Gasteiger charge is -2.16. The summed E-state index contributed by atoms with van der Waals surface area (Å²) in [5, 5.41) is 10.6. The van der Waals surface area contributed by atoms with Crippen LogP contribution in [0.1, 0.15) is 49.0 Å². The first-order chi connectivity index (χ1) is 18.5. The summed E-state index contributed by atoms with van der Waals surface area (Å²) < 4.78 is 9.26. The number of esters is 2. The van der Waals surface area contributed by atoms with Crippen molar-refractivity contribution in [3.63, 3.8) is 0 Å². The molecule has 1 aromatic heterocycles.